The molecule has 4 heterocycles. The van der Waals surface area contributed by atoms with Gasteiger partial charge in [0, 0.05) is 28.7 Å². The van der Waals surface area contributed by atoms with Crippen molar-refractivity contribution in [3.05, 3.63) is 128 Å². The quantitative estimate of drug-likeness (QED) is 0.182. The van der Waals surface area contributed by atoms with Crippen molar-refractivity contribution in [2.75, 3.05) is 0 Å². The molecule has 4 aromatic carbocycles. The van der Waals surface area contributed by atoms with Gasteiger partial charge >= 0.3 is 7.12 Å². The van der Waals surface area contributed by atoms with Gasteiger partial charge in [-0.15, -0.1) is 0 Å². The predicted octanol–water partition coefficient (Wildman–Crippen LogP) is 8.54. The second-order valence-electron chi connectivity index (χ2n) is 13.1. The monoisotopic (exact) mass is 612 g/mol. The minimum absolute atomic E-state index is 0.395. The Bertz CT molecular complexity index is 2170. The number of fused-ring (bicyclic) bond motifs is 2. The summed E-state index contributed by atoms with van der Waals surface area (Å²) >= 11 is 0. The van der Waals surface area contributed by atoms with Crippen LogP contribution in [0.4, 0.5) is 0 Å². The van der Waals surface area contributed by atoms with Gasteiger partial charge in [-0.2, -0.15) is 0 Å². The zero-order valence-electron chi connectivity index (χ0n) is 26.8. The van der Waals surface area contributed by atoms with Crippen LogP contribution in [0.1, 0.15) is 27.7 Å². The molecule has 6 nitrogen and oxygen atoms in total. The Morgan fingerprint density at radius 2 is 0.979 bits per heavy atom. The molecule has 0 saturated carbocycles. The van der Waals surface area contributed by atoms with Crippen molar-refractivity contribution < 1.29 is 9.31 Å². The zero-order chi connectivity index (χ0) is 32.2. The first-order chi connectivity index (χ1) is 22.7. The first kappa shape index (κ1) is 29.2. The predicted molar refractivity (Wildman–Crippen MR) is 190 cm³/mol. The Hall–Kier alpha value is -5.24. The van der Waals surface area contributed by atoms with Crippen LogP contribution in [0.15, 0.2) is 128 Å². The molecule has 1 aliphatic rings. The third-order valence-corrected chi connectivity index (χ3v) is 9.40. The number of aromatic nitrogens is 4. The summed E-state index contributed by atoms with van der Waals surface area (Å²) in [6.45, 7) is 8.29. The van der Waals surface area contributed by atoms with E-state index in [1.54, 1.807) is 0 Å². The maximum absolute atomic E-state index is 6.31. The molecule has 7 heteroatoms. The number of pyridine rings is 2. The maximum atomic E-state index is 6.31. The molecule has 0 bridgehead atoms. The van der Waals surface area contributed by atoms with E-state index in [1.165, 1.54) is 0 Å². The molecule has 0 radical (unpaired) electrons. The summed E-state index contributed by atoms with van der Waals surface area (Å²) < 4.78 is 12.6. The summed E-state index contributed by atoms with van der Waals surface area (Å²) in [4.78, 5) is 19.6. The summed E-state index contributed by atoms with van der Waals surface area (Å²) in [5.41, 5.74) is 6.32. The minimum atomic E-state index is -0.416. The van der Waals surface area contributed by atoms with Crippen molar-refractivity contribution in [3.63, 3.8) is 0 Å². The summed E-state index contributed by atoms with van der Waals surface area (Å²) in [5, 5.41) is 4.38. The maximum Gasteiger partial charge on any atom is 0.494 e. The molecule has 0 unspecified atom stereocenters. The smallest absolute Gasteiger partial charge is 0.399 e. The van der Waals surface area contributed by atoms with E-state index in [0.29, 0.717) is 5.82 Å². The second-order valence-corrected chi connectivity index (χ2v) is 13.1. The van der Waals surface area contributed by atoms with Crippen LogP contribution in [0.3, 0.4) is 0 Å². The molecule has 1 saturated heterocycles. The fourth-order valence-corrected chi connectivity index (χ4v) is 5.94. The van der Waals surface area contributed by atoms with Gasteiger partial charge in [-0.25, -0.2) is 9.97 Å². The van der Waals surface area contributed by atoms with E-state index < -0.39 is 18.3 Å². The first-order valence-electron chi connectivity index (χ1n) is 15.9. The van der Waals surface area contributed by atoms with Gasteiger partial charge in [-0.05, 0) is 73.3 Å². The lowest BCUT2D eigenvalue weighted by Crippen LogP contribution is -2.41. The Balaban J connectivity index is 1.17. The molecule has 7 aromatic rings. The highest BCUT2D eigenvalue weighted by Gasteiger charge is 2.51. The van der Waals surface area contributed by atoms with Crippen molar-refractivity contribution in [2.45, 2.75) is 38.9 Å². The van der Waals surface area contributed by atoms with E-state index in [-0.39, 0.29) is 0 Å². The molecule has 228 valence electrons. The summed E-state index contributed by atoms with van der Waals surface area (Å²) in [6.07, 6.45) is 3.79. The highest BCUT2D eigenvalue weighted by Crippen LogP contribution is 2.37. The molecule has 0 N–H and O–H groups in total. The molecule has 8 rings (SSSR count). The summed E-state index contributed by atoms with van der Waals surface area (Å²) in [6, 6.07) is 39.3. The lowest BCUT2D eigenvalue weighted by atomic mass is 9.78. The van der Waals surface area contributed by atoms with Gasteiger partial charge in [0.15, 0.2) is 5.82 Å². The van der Waals surface area contributed by atoms with Crippen LogP contribution >= 0.6 is 0 Å². The average Bonchev–Trinajstić information content (AvgIpc) is 3.33. The molecular formula is C40H33BN4O2. The van der Waals surface area contributed by atoms with E-state index in [9.17, 15) is 0 Å². The van der Waals surface area contributed by atoms with E-state index in [1.807, 2.05) is 42.7 Å². The van der Waals surface area contributed by atoms with E-state index in [4.69, 9.17) is 29.2 Å². The molecule has 0 spiro atoms. The van der Waals surface area contributed by atoms with Crippen LogP contribution in [0.5, 0.6) is 0 Å². The largest absolute Gasteiger partial charge is 0.494 e. The topological polar surface area (TPSA) is 70.0 Å². The second kappa shape index (κ2) is 11.2. The number of benzene rings is 4. The Morgan fingerprint density at radius 3 is 1.53 bits per heavy atom. The van der Waals surface area contributed by atoms with Crippen LogP contribution < -0.4 is 5.46 Å². The van der Waals surface area contributed by atoms with Crippen LogP contribution in [0.25, 0.3) is 66.8 Å². The lowest BCUT2D eigenvalue weighted by Gasteiger charge is -2.32. The zero-order valence-corrected chi connectivity index (χ0v) is 26.8. The molecule has 0 atom stereocenters. The van der Waals surface area contributed by atoms with E-state index in [2.05, 4.69) is 113 Å². The normalized spacial score (nSPS) is 15.4. The number of hydrogen-bond donors (Lipinski definition) is 0. The molecule has 1 fully saturated rings. The Kier molecular flexibility index (Phi) is 6.97. The molecule has 47 heavy (non-hydrogen) atoms. The molecule has 0 aliphatic carbocycles. The molecule has 0 amide bonds. The number of nitrogens with zero attached hydrogens (tertiary/aromatic N) is 4. The third kappa shape index (κ3) is 5.48. The average molecular weight is 613 g/mol. The van der Waals surface area contributed by atoms with Crippen LogP contribution in [0, 0.1) is 0 Å². The van der Waals surface area contributed by atoms with Crippen molar-refractivity contribution in [3.8, 4) is 45.3 Å². The van der Waals surface area contributed by atoms with Gasteiger partial charge in [0.25, 0.3) is 0 Å². The summed E-state index contributed by atoms with van der Waals surface area (Å²) in [7, 11) is -0.416. The van der Waals surface area contributed by atoms with Crippen molar-refractivity contribution in [2.24, 2.45) is 0 Å². The number of rotatable bonds is 5. The fourth-order valence-electron chi connectivity index (χ4n) is 5.94. The minimum Gasteiger partial charge on any atom is -0.399 e. The fraction of sp³-hybridized carbons (Fsp3) is 0.150. The van der Waals surface area contributed by atoms with E-state index >= 15 is 0 Å². The van der Waals surface area contributed by atoms with Crippen molar-refractivity contribution in [1.29, 1.82) is 0 Å². The summed E-state index contributed by atoms with van der Waals surface area (Å²) in [5.74, 6) is 0.611. The van der Waals surface area contributed by atoms with Crippen LogP contribution in [-0.4, -0.2) is 38.3 Å². The van der Waals surface area contributed by atoms with Crippen LogP contribution in [0.2, 0.25) is 0 Å². The SMILES string of the molecule is CC1(C)OB(c2cccc(-c3ccc(-c4nc(-c5cc6ccccc6cn5)cc(-c5cc6ccccc6cn5)n4)cc3)c2)OC1(C)C. The number of hydrogen-bond acceptors (Lipinski definition) is 6. The van der Waals surface area contributed by atoms with Gasteiger partial charge in [-0.1, -0.05) is 97.1 Å². The highest BCUT2D eigenvalue weighted by atomic mass is 16.7. The third-order valence-electron chi connectivity index (χ3n) is 9.40. The first-order valence-corrected chi connectivity index (χ1v) is 15.9. The standard InChI is InChI=1S/C40H33BN4O2/c1-39(2)40(3,4)47-41(46-39)33-15-9-14-28(20-33)26-16-18-27(19-17-26)38-44-36(34-21-29-10-5-7-12-31(29)24-42-34)23-37(45-38)35-22-30-11-6-8-13-32(30)25-43-35/h5-25H,1-4H3. The van der Waals surface area contributed by atoms with Gasteiger partial charge in [0.2, 0.25) is 0 Å². The van der Waals surface area contributed by atoms with Crippen LogP contribution in [-0.2, 0) is 9.31 Å². The lowest BCUT2D eigenvalue weighted by molar-refractivity contribution is 0.00578. The van der Waals surface area contributed by atoms with Crippen molar-refractivity contribution in [1.82, 2.24) is 19.9 Å². The molecule has 3 aromatic heterocycles. The molecular weight excluding hydrogens is 579 g/mol. The van der Waals surface area contributed by atoms with Gasteiger partial charge in [0.1, 0.15) is 0 Å². The Labute approximate surface area is 274 Å². The van der Waals surface area contributed by atoms with Gasteiger partial charge in [-0.3, -0.25) is 9.97 Å². The highest BCUT2D eigenvalue weighted by molar-refractivity contribution is 6.62. The van der Waals surface area contributed by atoms with Gasteiger partial charge < -0.3 is 9.31 Å². The molecule has 1 aliphatic heterocycles. The Morgan fingerprint density at radius 1 is 0.468 bits per heavy atom. The van der Waals surface area contributed by atoms with Gasteiger partial charge in [0.05, 0.1) is 34.0 Å². The van der Waals surface area contributed by atoms with Crippen molar-refractivity contribution >= 4 is 34.1 Å². The van der Waals surface area contributed by atoms with E-state index in [0.717, 1.165) is 66.5 Å².